The molecule has 2 aromatic rings. The molecule has 0 spiro atoms. The molecule has 0 aliphatic carbocycles. The Morgan fingerprint density at radius 2 is 1.93 bits per heavy atom. The average Bonchev–Trinajstić information content (AvgIpc) is 3.20. The number of nitrogens with one attached hydrogen (secondary N) is 1. The molecule has 5 nitrogen and oxygen atoms in total. The summed E-state index contributed by atoms with van der Waals surface area (Å²) in [5.74, 6) is 0.239. The van der Waals surface area contributed by atoms with Gasteiger partial charge in [-0.2, -0.15) is 13.2 Å². The third kappa shape index (κ3) is 7.02. The molecule has 1 aliphatic heterocycles. The number of benzene rings is 1. The van der Waals surface area contributed by atoms with E-state index in [1.807, 2.05) is 24.6 Å². The maximum atomic E-state index is 13.2. The molecule has 2 heterocycles. The number of likely N-dealkylation sites (N-methyl/N-ethyl adjacent to an activating group) is 1. The Morgan fingerprint density at radius 1 is 1.20 bits per heavy atom. The number of halogens is 4. The van der Waals surface area contributed by atoms with E-state index in [4.69, 9.17) is 5.73 Å². The number of rotatable bonds is 6. The normalized spacial score (nSPS) is 15.7. The van der Waals surface area contributed by atoms with E-state index in [1.165, 1.54) is 10.9 Å². The maximum Gasteiger partial charge on any atom is 0.416 e. The number of aliphatic imine (C=N–C) groups is 1. The highest BCUT2D eigenvalue weighted by Gasteiger charge is 2.31. The van der Waals surface area contributed by atoms with Gasteiger partial charge < -0.3 is 20.9 Å². The standard InChI is InChI=1S/C20H26F3N5S.HI/c1-27-8-10-28(11-9-27)18-5-4-16(20(21,22)23)13-15(18)14-26-19(24)25-7-6-17-3-2-12-29-17;/h2-5,12-13H,6-11,14H2,1H3,(H3,24,25,26);1H. The molecular weight excluding hydrogens is 526 g/mol. The lowest BCUT2D eigenvalue weighted by atomic mass is 10.1. The largest absolute Gasteiger partial charge is 0.416 e. The molecule has 0 atom stereocenters. The summed E-state index contributed by atoms with van der Waals surface area (Å²) < 4.78 is 39.6. The summed E-state index contributed by atoms with van der Waals surface area (Å²) in [4.78, 5) is 9.84. The van der Waals surface area contributed by atoms with E-state index in [-0.39, 0.29) is 36.5 Å². The molecule has 0 radical (unpaired) electrons. The van der Waals surface area contributed by atoms with Crippen molar-refractivity contribution in [2.24, 2.45) is 10.7 Å². The van der Waals surface area contributed by atoms with Gasteiger partial charge in [-0.1, -0.05) is 6.07 Å². The Kier molecular flexibility index (Phi) is 9.23. The molecule has 0 bridgehead atoms. The molecule has 1 aromatic heterocycles. The second-order valence-corrected chi connectivity index (χ2v) is 8.12. The average molecular weight is 553 g/mol. The van der Waals surface area contributed by atoms with Gasteiger partial charge in [0.15, 0.2) is 5.96 Å². The highest BCUT2D eigenvalue weighted by molar-refractivity contribution is 14.0. The molecular formula is C20H27F3IN5S. The topological polar surface area (TPSA) is 56.9 Å². The Balaban J connectivity index is 0.00000320. The Morgan fingerprint density at radius 3 is 2.57 bits per heavy atom. The molecule has 0 unspecified atom stereocenters. The second-order valence-electron chi connectivity index (χ2n) is 7.09. The number of thiophene rings is 1. The fourth-order valence-electron chi connectivity index (χ4n) is 3.24. The van der Waals surface area contributed by atoms with Crippen LogP contribution in [0.25, 0.3) is 0 Å². The quantitative estimate of drug-likeness (QED) is 0.325. The Hall–Kier alpha value is -1.53. The highest BCUT2D eigenvalue weighted by atomic mass is 127. The van der Waals surface area contributed by atoms with Crippen molar-refractivity contribution < 1.29 is 13.2 Å². The molecule has 10 heteroatoms. The van der Waals surface area contributed by atoms with Crippen molar-refractivity contribution >= 4 is 47.0 Å². The minimum Gasteiger partial charge on any atom is -0.370 e. The first kappa shape index (κ1) is 24.7. The van der Waals surface area contributed by atoms with Crippen molar-refractivity contribution in [1.29, 1.82) is 0 Å². The van der Waals surface area contributed by atoms with Crippen LogP contribution in [0.15, 0.2) is 40.7 Å². The number of alkyl halides is 3. The predicted octanol–water partition coefficient (Wildman–Crippen LogP) is 3.78. The number of nitrogens with two attached hydrogens (primary N) is 1. The Labute approximate surface area is 196 Å². The summed E-state index contributed by atoms with van der Waals surface area (Å²) in [6, 6.07) is 7.93. The number of hydrogen-bond donors (Lipinski definition) is 2. The van der Waals surface area contributed by atoms with E-state index in [1.54, 1.807) is 17.4 Å². The van der Waals surface area contributed by atoms with Crippen LogP contribution in [0, 0.1) is 0 Å². The van der Waals surface area contributed by atoms with Crippen LogP contribution >= 0.6 is 35.3 Å². The summed E-state index contributed by atoms with van der Waals surface area (Å²) in [6.07, 6.45) is -3.56. The van der Waals surface area contributed by atoms with Crippen LogP contribution in [0.2, 0.25) is 0 Å². The lowest BCUT2D eigenvalue weighted by molar-refractivity contribution is -0.137. The van der Waals surface area contributed by atoms with Crippen LogP contribution in [-0.2, 0) is 19.1 Å². The zero-order valence-electron chi connectivity index (χ0n) is 16.8. The second kappa shape index (κ2) is 11.2. The van der Waals surface area contributed by atoms with Gasteiger partial charge in [-0.25, -0.2) is 4.99 Å². The van der Waals surface area contributed by atoms with Crippen molar-refractivity contribution in [2.45, 2.75) is 19.1 Å². The van der Waals surface area contributed by atoms with Gasteiger partial charge in [-0.3, -0.25) is 0 Å². The predicted molar refractivity (Wildman–Crippen MR) is 128 cm³/mol. The van der Waals surface area contributed by atoms with E-state index in [0.29, 0.717) is 12.1 Å². The minimum absolute atomic E-state index is 0. The fourth-order valence-corrected chi connectivity index (χ4v) is 3.95. The molecule has 3 N–H and O–H groups in total. The summed E-state index contributed by atoms with van der Waals surface area (Å²) in [7, 11) is 2.04. The number of hydrogen-bond acceptors (Lipinski definition) is 4. The van der Waals surface area contributed by atoms with Gasteiger partial charge in [0.1, 0.15) is 0 Å². The smallest absolute Gasteiger partial charge is 0.370 e. The molecule has 166 valence electrons. The highest BCUT2D eigenvalue weighted by Crippen LogP contribution is 2.33. The van der Waals surface area contributed by atoms with Crippen LogP contribution in [0.3, 0.4) is 0 Å². The summed E-state index contributed by atoms with van der Waals surface area (Å²) in [5.41, 5.74) is 6.60. The number of nitrogens with zero attached hydrogens (tertiary/aromatic N) is 3. The zero-order chi connectivity index (χ0) is 20.9. The lowest BCUT2D eigenvalue weighted by Crippen LogP contribution is -2.44. The van der Waals surface area contributed by atoms with E-state index in [0.717, 1.165) is 44.4 Å². The SMILES string of the molecule is CN1CCN(c2ccc(C(F)(F)F)cc2CN=C(N)NCCc2cccs2)CC1.I. The van der Waals surface area contributed by atoms with E-state index in [2.05, 4.69) is 20.1 Å². The van der Waals surface area contributed by atoms with Gasteiger partial charge in [0.05, 0.1) is 12.1 Å². The fraction of sp³-hybridized carbons (Fsp3) is 0.450. The molecule has 1 fully saturated rings. The number of anilines is 1. The third-order valence-corrected chi connectivity index (χ3v) is 5.86. The first-order valence-electron chi connectivity index (χ1n) is 9.53. The third-order valence-electron chi connectivity index (χ3n) is 4.93. The number of guanidine groups is 1. The van der Waals surface area contributed by atoms with Crippen LogP contribution in [0.4, 0.5) is 18.9 Å². The van der Waals surface area contributed by atoms with Crippen molar-refractivity contribution in [3.63, 3.8) is 0 Å². The van der Waals surface area contributed by atoms with Gasteiger partial charge in [0.25, 0.3) is 0 Å². The van der Waals surface area contributed by atoms with E-state index in [9.17, 15) is 13.2 Å². The molecule has 30 heavy (non-hydrogen) atoms. The van der Waals surface area contributed by atoms with Crippen LogP contribution < -0.4 is 16.0 Å². The zero-order valence-corrected chi connectivity index (χ0v) is 19.9. The van der Waals surface area contributed by atoms with Crippen molar-refractivity contribution in [3.05, 3.63) is 51.7 Å². The summed E-state index contributed by atoms with van der Waals surface area (Å²) in [5, 5.41) is 5.05. The lowest BCUT2D eigenvalue weighted by Gasteiger charge is -2.35. The molecule has 0 amide bonds. The molecule has 0 saturated carbocycles. The minimum atomic E-state index is -4.39. The summed E-state index contributed by atoms with van der Waals surface area (Å²) in [6.45, 7) is 4.01. The molecule has 3 rings (SSSR count). The first-order chi connectivity index (χ1) is 13.8. The Bertz CT molecular complexity index is 818. The van der Waals surface area contributed by atoms with Gasteiger partial charge in [0, 0.05) is 43.3 Å². The van der Waals surface area contributed by atoms with Gasteiger partial charge in [-0.05, 0) is 48.7 Å². The maximum absolute atomic E-state index is 13.2. The monoisotopic (exact) mass is 553 g/mol. The first-order valence-corrected chi connectivity index (χ1v) is 10.4. The van der Waals surface area contributed by atoms with E-state index >= 15 is 0 Å². The molecule has 1 saturated heterocycles. The summed E-state index contributed by atoms with van der Waals surface area (Å²) >= 11 is 1.67. The molecule has 1 aromatic carbocycles. The van der Waals surface area contributed by atoms with Gasteiger partial charge in [-0.15, -0.1) is 35.3 Å². The van der Waals surface area contributed by atoms with Crippen molar-refractivity contribution in [1.82, 2.24) is 10.2 Å². The van der Waals surface area contributed by atoms with Gasteiger partial charge in [0.2, 0.25) is 0 Å². The van der Waals surface area contributed by atoms with Gasteiger partial charge >= 0.3 is 6.18 Å². The van der Waals surface area contributed by atoms with Crippen LogP contribution in [0.5, 0.6) is 0 Å². The van der Waals surface area contributed by atoms with E-state index < -0.39 is 11.7 Å². The molecule has 1 aliphatic rings. The number of piperazine rings is 1. The van der Waals surface area contributed by atoms with Crippen molar-refractivity contribution in [2.75, 3.05) is 44.7 Å². The van der Waals surface area contributed by atoms with Crippen LogP contribution in [0.1, 0.15) is 16.0 Å². The van der Waals surface area contributed by atoms with Crippen LogP contribution in [-0.4, -0.2) is 50.6 Å². The van der Waals surface area contributed by atoms with Crippen molar-refractivity contribution in [3.8, 4) is 0 Å².